The van der Waals surface area contributed by atoms with Gasteiger partial charge in [-0.3, -0.25) is 18.9 Å². The first-order chi connectivity index (χ1) is 9.49. The summed E-state index contributed by atoms with van der Waals surface area (Å²) in [6.45, 7) is 0. The number of hydrogen-bond acceptors (Lipinski definition) is 4. The lowest BCUT2D eigenvalue weighted by molar-refractivity contribution is 0.410. The minimum absolute atomic E-state index is 0.0169. The van der Waals surface area contributed by atoms with Gasteiger partial charge in [0.05, 0.1) is 5.71 Å². The Kier molecular flexibility index (Phi) is 3.56. The second kappa shape index (κ2) is 5.16. The largest absolute Gasteiger partial charge is 0.494 e. The van der Waals surface area contributed by atoms with Gasteiger partial charge in [-0.05, 0) is 0 Å². The van der Waals surface area contributed by atoms with Crippen molar-refractivity contribution in [2.75, 3.05) is 7.05 Å². The summed E-state index contributed by atoms with van der Waals surface area (Å²) >= 11 is 0. The molecule has 0 radical (unpaired) electrons. The zero-order valence-electron chi connectivity index (χ0n) is 11.5. The molecule has 1 N–H and O–H groups in total. The van der Waals surface area contributed by atoms with E-state index < -0.39 is 11.2 Å². The Morgan fingerprint density at radius 1 is 1.10 bits per heavy atom. The van der Waals surface area contributed by atoms with Crippen LogP contribution in [-0.2, 0) is 14.1 Å². The predicted octanol–water partition coefficient (Wildman–Crippen LogP) is 0.257. The molecule has 2 aromatic rings. The fourth-order valence-electron chi connectivity index (χ4n) is 2.02. The molecule has 0 aliphatic rings. The number of nitrogens with zero attached hydrogens (tertiary/aromatic N) is 3. The van der Waals surface area contributed by atoms with E-state index in [1.165, 1.54) is 21.1 Å². The molecular weight excluding hydrogens is 258 g/mol. The normalized spacial score (nSPS) is 11.7. The van der Waals surface area contributed by atoms with Crippen LogP contribution in [0.15, 0.2) is 44.9 Å². The number of aromatic hydroxyl groups is 1. The molecule has 0 fully saturated rings. The Morgan fingerprint density at radius 2 is 1.70 bits per heavy atom. The topological polar surface area (TPSA) is 76.6 Å². The maximum Gasteiger partial charge on any atom is 0.333 e. The smallest absolute Gasteiger partial charge is 0.333 e. The molecule has 2 rings (SSSR count). The van der Waals surface area contributed by atoms with Crippen LogP contribution in [0, 0.1) is 0 Å². The summed E-state index contributed by atoms with van der Waals surface area (Å²) < 4.78 is 1.97. The summed E-state index contributed by atoms with van der Waals surface area (Å²) in [6, 6.07) is 9.03. The van der Waals surface area contributed by atoms with Gasteiger partial charge in [0.1, 0.15) is 5.56 Å². The summed E-state index contributed by atoms with van der Waals surface area (Å²) in [4.78, 5) is 28.1. The molecule has 0 aliphatic heterocycles. The fourth-order valence-corrected chi connectivity index (χ4v) is 2.02. The lowest BCUT2D eigenvalue weighted by atomic mass is 10.0. The van der Waals surface area contributed by atoms with E-state index in [1.54, 1.807) is 12.1 Å². The zero-order valence-corrected chi connectivity index (χ0v) is 11.5. The highest BCUT2D eigenvalue weighted by Crippen LogP contribution is 2.15. The summed E-state index contributed by atoms with van der Waals surface area (Å²) in [7, 11) is 4.30. The Labute approximate surface area is 115 Å². The zero-order chi connectivity index (χ0) is 14.9. The molecule has 0 bridgehead atoms. The van der Waals surface area contributed by atoms with Crippen LogP contribution in [0.4, 0.5) is 0 Å². The van der Waals surface area contributed by atoms with Crippen molar-refractivity contribution >= 4 is 5.71 Å². The third-order valence-corrected chi connectivity index (χ3v) is 3.14. The van der Waals surface area contributed by atoms with Crippen molar-refractivity contribution < 1.29 is 5.11 Å². The minimum atomic E-state index is -0.584. The predicted molar refractivity (Wildman–Crippen MR) is 76.6 cm³/mol. The van der Waals surface area contributed by atoms with Crippen LogP contribution < -0.4 is 11.2 Å². The maximum absolute atomic E-state index is 12.2. The van der Waals surface area contributed by atoms with Gasteiger partial charge in [0, 0.05) is 26.7 Å². The van der Waals surface area contributed by atoms with Gasteiger partial charge >= 0.3 is 5.69 Å². The number of aliphatic imine (C=N–C) groups is 1. The average Bonchev–Trinajstić information content (AvgIpc) is 2.48. The molecule has 1 aromatic heterocycles. The third kappa shape index (κ3) is 2.05. The summed E-state index contributed by atoms with van der Waals surface area (Å²) in [5, 5.41) is 10.1. The summed E-state index contributed by atoms with van der Waals surface area (Å²) in [6.07, 6.45) is 0. The van der Waals surface area contributed by atoms with E-state index >= 15 is 0 Å². The second-order valence-corrected chi connectivity index (χ2v) is 4.34. The first-order valence-electron chi connectivity index (χ1n) is 6.00. The van der Waals surface area contributed by atoms with Crippen LogP contribution in [0.2, 0.25) is 0 Å². The van der Waals surface area contributed by atoms with E-state index in [-0.39, 0.29) is 11.4 Å². The van der Waals surface area contributed by atoms with Crippen LogP contribution in [0.25, 0.3) is 0 Å². The van der Waals surface area contributed by atoms with Gasteiger partial charge < -0.3 is 5.11 Å². The highest BCUT2D eigenvalue weighted by molar-refractivity contribution is 6.13. The van der Waals surface area contributed by atoms with Crippen LogP contribution in [-0.4, -0.2) is 27.0 Å². The molecule has 0 spiro atoms. The molecule has 0 unspecified atom stereocenters. The van der Waals surface area contributed by atoms with Crippen LogP contribution in [0.5, 0.6) is 5.88 Å². The molecule has 0 amide bonds. The maximum atomic E-state index is 12.2. The van der Waals surface area contributed by atoms with Crippen molar-refractivity contribution in [1.82, 2.24) is 9.13 Å². The Bertz CT molecular complexity index is 786. The molecular formula is C14H15N3O3. The molecule has 6 heteroatoms. The minimum Gasteiger partial charge on any atom is -0.494 e. The lowest BCUT2D eigenvalue weighted by Gasteiger charge is -2.12. The molecule has 20 heavy (non-hydrogen) atoms. The van der Waals surface area contributed by atoms with Crippen LogP contribution in [0.1, 0.15) is 11.1 Å². The van der Waals surface area contributed by atoms with Crippen molar-refractivity contribution in [2.24, 2.45) is 19.1 Å². The Balaban J connectivity index is 2.83. The molecule has 0 saturated heterocycles. The molecule has 1 heterocycles. The molecule has 0 atom stereocenters. The summed E-state index contributed by atoms with van der Waals surface area (Å²) in [5.74, 6) is -0.387. The van der Waals surface area contributed by atoms with Gasteiger partial charge in [-0.15, -0.1) is 0 Å². The quantitative estimate of drug-likeness (QED) is 0.797. The number of rotatable bonds is 2. The van der Waals surface area contributed by atoms with Gasteiger partial charge in [0.15, 0.2) is 0 Å². The monoisotopic (exact) mass is 273 g/mol. The molecule has 6 nitrogen and oxygen atoms in total. The number of benzene rings is 1. The SMILES string of the molecule is CN=C(c1ccccc1)c1c(O)n(C)c(=O)n(C)c1=O. The van der Waals surface area contributed by atoms with Crippen molar-refractivity contribution in [3.05, 3.63) is 62.3 Å². The van der Waals surface area contributed by atoms with E-state index in [0.717, 1.165) is 9.13 Å². The van der Waals surface area contributed by atoms with E-state index in [0.29, 0.717) is 11.3 Å². The lowest BCUT2D eigenvalue weighted by Crippen LogP contribution is -2.40. The van der Waals surface area contributed by atoms with Crippen molar-refractivity contribution in [1.29, 1.82) is 0 Å². The van der Waals surface area contributed by atoms with Crippen molar-refractivity contribution in [3.63, 3.8) is 0 Å². The highest BCUT2D eigenvalue weighted by Gasteiger charge is 2.20. The van der Waals surface area contributed by atoms with Gasteiger partial charge in [-0.2, -0.15) is 0 Å². The Hall–Kier alpha value is -2.63. The van der Waals surface area contributed by atoms with Gasteiger partial charge in [-0.25, -0.2) is 4.79 Å². The molecule has 0 saturated carbocycles. The molecule has 1 aromatic carbocycles. The van der Waals surface area contributed by atoms with Gasteiger partial charge in [-0.1, -0.05) is 30.3 Å². The standard InChI is InChI=1S/C14H15N3O3/c1-15-11(9-7-5-4-6-8-9)10-12(18)16(2)14(20)17(3)13(10)19/h4-8,18H,1-3H3. The Morgan fingerprint density at radius 3 is 2.25 bits per heavy atom. The van der Waals surface area contributed by atoms with E-state index in [4.69, 9.17) is 0 Å². The average molecular weight is 273 g/mol. The van der Waals surface area contributed by atoms with E-state index in [2.05, 4.69) is 4.99 Å². The first-order valence-corrected chi connectivity index (χ1v) is 6.00. The molecule has 0 aliphatic carbocycles. The third-order valence-electron chi connectivity index (χ3n) is 3.14. The van der Waals surface area contributed by atoms with E-state index in [1.807, 2.05) is 18.2 Å². The van der Waals surface area contributed by atoms with Crippen LogP contribution in [0.3, 0.4) is 0 Å². The van der Waals surface area contributed by atoms with Crippen molar-refractivity contribution in [3.8, 4) is 5.88 Å². The van der Waals surface area contributed by atoms with Crippen molar-refractivity contribution in [2.45, 2.75) is 0 Å². The number of aromatic nitrogens is 2. The number of hydrogen-bond donors (Lipinski definition) is 1. The van der Waals surface area contributed by atoms with Gasteiger partial charge in [0.25, 0.3) is 5.56 Å². The highest BCUT2D eigenvalue weighted by atomic mass is 16.3. The molecule has 104 valence electrons. The van der Waals surface area contributed by atoms with Crippen LogP contribution >= 0.6 is 0 Å². The fraction of sp³-hybridized carbons (Fsp3) is 0.214. The van der Waals surface area contributed by atoms with E-state index in [9.17, 15) is 14.7 Å². The second-order valence-electron chi connectivity index (χ2n) is 4.34. The first kappa shape index (κ1) is 13.8. The summed E-state index contributed by atoms with van der Waals surface area (Å²) in [5.41, 5.74) is -0.0986. The van der Waals surface area contributed by atoms with Gasteiger partial charge in [0.2, 0.25) is 5.88 Å².